The van der Waals surface area contributed by atoms with Crippen LogP contribution in [-0.4, -0.2) is 17.3 Å². The number of halogens is 1. The molecule has 6 heteroatoms. The van der Waals surface area contributed by atoms with E-state index in [4.69, 9.17) is 15.0 Å². The van der Waals surface area contributed by atoms with Gasteiger partial charge < -0.3 is 15.0 Å². The third-order valence-corrected chi connectivity index (χ3v) is 5.62. The number of rotatable bonds is 4. The number of ether oxygens (including phenoxy) is 1. The van der Waals surface area contributed by atoms with Crippen LogP contribution < -0.4 is 10.5 Å². The molecule has 1 unspecified atom stereocenters. The first-order valence-corrected chi connectivity index (χ1v) is 8.97. The Hall–Kier alpha value is -1.59. The normalized spacial score (nSPS) is 21.4. The molecule has 136 valence electrons. The number of hydrogen-bond acceptors (Lipinski definition) is 5. The number of benzene rings is 1. The van der Waals surface area contributed by atoms with Crippen molar-refractivity contribution in [3.63, 3.8) is 0 Å². The van der Waals surface area contributed by atoms with Gasteiger partial charge in [-0.05, 0) is 61.3 Å². The zero-order valence-corrected chi connectivity index (χ0v) is 15.5. The molecule has 1 saturated carbocycles. The third kappa shape index (κ3) is 3.53. The lowest BCUT2D eigenvalue weighted by Crippen LogP contribution is -2.34. The van der Waals surface area contributed by atoms with E-state index in [1.54, 1.807) is 7.11 Å². The van der Waals surface area contributed by atoms with E-state index in [0.717, 1.165) is 56.6 Å². The molecule has 25 heavy (non-hydrogen) atoms. The van der Waals surface area contributed by atoms with E-state index in [9.17, 15) is 0 Å². The van der Waals surface area contributed by atoms with Crippen LogP contribution in [0.25, 0.3) is 0 Å². The maximum atomic E-state index is 6.44. The quantitative estimate of drug-likeness (QED) is 0.891. The second-order valence-corrected chi connectivity index (χ2v) is 7.23. The van der Waals surface area contributed by atoms with Gasteiger partial charge in [-0.2, -0.15) is 4.98 Å². The molecule has 2 N–H and O–H groups in total. The first-order chi connectivity index (χ1) is 11.7. The monoisotopic (exact) mass is 363 g/mol. The van der Waals surface area contributed by atoms with Gasteiger partial charge in [0.15, 0.2) is 5.82 Å². The molecule has 1 aromatic heterocycles. The largest absolute Gasteiger partial charge is 0.497 e. The third-order valence-electron chi connectivity index (χ3n) is 5.62. The summed E-state index contributed by atoms with van der Waals surface area (Å²) in [5.41, 5.74) is 8.84. The number of aryl methyl sites for hydroxylation is 1. The van der Waals surface area contributed by atoms with Crippen molar-refractivity contribution in [2.24, 2.45) is 5.73 Å². The second-order valence-electron chi connectivity index (χ2n) is 7.23. The van der Waals surface area contributed by atoms with Crippen LogP contribution in [0.15, 0.2) is 22.7 Å². The van der Waals surface area contributed by atoms with Gasteiger partial charge in [0, 0.05) is 6.42 Å². The Morgan fingerprint density at radius 3 is 2.84 bits per heavy atom. The molecular formula is C19H26ClN3O2. The average molecular weight is 364 g/mol. The fourth-order valence-electron chi connectivity index (χ4n) is 4.21. The summed E-state index contributed by atoms with van der Waals surface area (Å²) < 4.78 is 10.9. The summed E-state index contributed by atoms with van der Waals surface area (Å²) in [6, 6.07) is 6.40. The maximum Gasteiger partial charge on any atom is 0.227 e. The lowest BCUT2D eigenvalue weighted by molar-refractivity contribution is 0.340. The first kappa shape index (κ1) is 18.2. The lowest BCUT2D eigenvalue weighted by atomic mass is 9.81. The highest BCUT2D eigenvalue weighted by atomic mass is 35.5. The highest BCUT2D eigenvalue weighted by Crippen LogP contribution is 2.37. The van der Waals surface area contributed by atoms with Crippen molar-refractivity contribution < 1.29 is 9.26 Å². The van der Waals surface area contributed by atoms with Crippen molar-refractivity contribution in [1.82, 2.24) is 10.1 Å². The fraction of sp³-hybridized carbons (Fsp3) is 0.579. The zero-order valence-electron chi connectivity index (χ0n) is 14.7. The molecule has 1 atom stereocenters. The second kappa shape index (κ2) is 7.34. The molecular weight excluding hydrogens is 338 g/mol. The Morgan fingerprint density at radius 2 is 2.08 bits per heavy atom. The van der Waals surface area contributed by atoms with Gasteiger partial charge >= 0.3 is 0 Å². The number of aromatic nitrogens is 2. The molecule has 0 spiro atoms. The molecule has 2 aliphatic rings. The number of fused-ring (bicyclic) bond motifs is 1. The Kier molecular flexibility index (Phi) is 5.35. The summed E-state index contributed by atoms with van der Waals surface area (Å²) in [5, 5.41) is 4.19. The number of hydrogen-bond donors (Lipinski definition) is 1. The van der Waals surface area contributed by atoms with E-state index in [0.29, 0.717) is 11.7 Å². The van der Waals surface area contributed by atoms with E-state index < -0.39 is 0 Å². The van der Waals surface area contributed by atoms with Crippen molar-refractivity contribution in [2.75, 3.05) is 7.11 Å². The van der Waals surface area contributed by atoms with Gasteiger partial charge in [-0.15, -0.1) is 12.4 Å². The summed E-state index contributed by atoms with van der Waals surface area (Å²) in [6.07, 6.45) is 8.47. The van der Waals surface area contributed by atoms with Crippen LogP contribution in [0.1, 0.15) is 67.3 Å². The molecule has 4 rings (SSSR count). The van der Waals surface area contributed by atoms with Crippen molar-refractivity contribution in [2.45, 2.75) is 62.8 Å². The van der Waals surface area contributed by atoms with Crippen LogP contribution in [0.3, 0.4) is 0 Å². The predicted molar refractivity (Wildman–Crippen MR) is 98.3 cm³/mol. The number of nitrogens with two attached hydrogens (primary N) is 1. The van der Waals surface area contributed by atoms with Crippen molar-refractivity contribution in [3.8, 4) is 5.75 Å². The lowest BCUT2D eigenvalue weighted by Gasteiger charge is -2.24. The Balaban J connectivity index is 0.00000182. The Bertz CT molecular complexity index is 725. The van der Waals surface area contributed by atoms with E-state index in [1.807, 2.05) is 6.07 Å². The molecule has 5 nitrogen and oxygen atoms in total. The highest BCUT2D eigenvalue weighted by molar-refractivity contribution is 5.85. The van der Waals surface area contributed by atoms with Gasteiger partial charge in [-0.3, -0.25) is 0 Å². The summed E-state index contributed by atoms with van der Waals surface area (Å²) in [5.74, 6) is 2.78. The zero-order chi connectivity index (χ0) is 16.6. The first-order valence-electron chi connectivity index (χ1n) is 8.97. The molecule has 1 heterocycles. The minimum absolute atomic E-state index is 0. The smallest absolute Gasteiger partial charge is 0.227 e. The average Bonchev–Trinajstić information content (AvgIpc) is 3.25. The Labute approximate surface area is 154 Å². The predicted octanol–water partition coefficient (Wildman–Crippen LogP) is 3.89. The van der Waals surface area contributed by atoms with Crippen LogP contribution in [0.2, 0.25) is 0 Å². The van der Waals surface area contributed by atoms with Gasteiger partial charge in [0.2, 0.25) is 5.89 Å². The maximum absolute atomic E-state index is 6.44. The van der Waals surface area contributed by atoms with E-state index in [1.165, 1.54) is 17.5 Å². The summed E-state index contributed by atoms with van der Waals surface area (Å²) in [6.45, 7) is 0. The van der Waals surface area contributed by atoms with E-state index in [2.05, 4.69) is 22.3 Å². The van der Waals surface area contributed by atoms with Crippen molar-refractivity contribution in [1.29, 1.82) is 0 Å². The molecule has 0 radical (unpaired) electrons. The van der Waals surface area contributed by atoms with Crippen LogP contribution >= 0.6 is 12.4 Å². The number of nitrogens with zero attached hydrogens (tertiary/aromatic N) is 2. The van der Waals surface area contributed by atoms with Gasteiger partial charge in [0.25, 0.3) is 0 Å². The van der Waals surface area contributed by atoms with Gasteiger partial charge in [-0.25, -0.2) is 0 Å². The van der Waals surface area contributed by atoms with E-state index in [-0.39, 0.29) is 17.9 Å². The van der Waals surface area contributed by atoms with Crippen LogP contribution in [0.5, 0.6) is 5.75 Å². The molecule has 0 saturated heterocycles. The summed E-state index contributed by atoms with van der Waals surface area (Å²) >= 11 is 0. The Morgan fingerprint density at radius 1 is 1.28 bits per heavy atom. The molecule has 1 fully saturated rings. The van der Waals surface area contributed by atoms with Crippen molar-refractivity contribution in [3.05, 3.63) is 41.0 Å². The molecule has 0 bridgehead atoms. The molecule has 2 aromatic rings. The van der Waals surface area contributed by atoms with Gasteiger partial charge in [-0.1, -0.05) is 24.1 Å². The van der Waals surface area contributed by atoms with Gasteiger partial charge in [0.05, 0.1) is 12.6 Å². The standard InChI is InChI=1S/C19H25N3O2.ClH/c1-23-15-7-8-16-13(11-15)5-4-6-14(16)12-17-21-18(22-24-17)19(20)9-2-3-10-19;/h7-8,11,14H,2-6,9-10,12,20H2,1H3;1H. The summed E-state index contributed by atoms with van der Waals surface area (Å²) in [7, 11) is 1.72. The SMILES string of the molecule is COc1ccc2c(c1)CCCC2Cc1nc(C2(N)CCCC2)no1.Cl. The fourth-order valence-corrected chi connectivity index (χ4v) is 4.21. The van der Waals surface area contributed by atoms with Crippen LogP contribution in [0, 0.1) is 0 Å². The minimum Gasteiger partial charge on any atom is -0.497 e. The molecule has 2 aliphatic carbocycles. The molecule has 0 amide bonds. The highest BCUT2D eigenvalue weighted by Gasteiger charge is 2.36. The van der Waals surface area contributed by atoms with Crippen LogP contribution in [0.4, 0.5) is 0 Å². The topological polar surface area (TPSA) is 74.2 Å². The van der Waals surface area contributed by atoms with Crippen LogP contribution in [-0.2, 0) is 18.4 Å². The van der Waals surface area contributed by atoms with Crippen molar-refractivity contribution >= 4 is 12.4 Å². The molecule has 1 aromatic carbocycles. The van der Waals surface area contributed by atoms with E-state index >= 15 is 0 Å². The molecule has 0 aliphatic heterocycles. The summed E-state index contributed by atoms with van der Waals surface area (Å²) in [4.78, 5) is 4.64. The van der Waals surface area contributed by atoms with Gasteiger partial charge in [0.1, 0.15) is 5.75 Å². The number of methoxy groups -OCH3 is 1. The minimum atomic E-state index is -0.375.